The third kappa shape index (κ3) is 4.47. The van der Waals surface area contributed by atoms with Crippen molar-refractivity contribution >= 4 is 39.8 Å². The number of fused-ring (bicyclic) bond motifs is 2. The number of aliphatic imine (C=N–C) groups is 1. The predicted molar refractivity (Wildman–Crippen MR) is 97.6 cm³/mol. The number of nitrogens with zero attached hydrogens (tertiary/aromatic N) is 1. The van der Waals surface area contributed by atoms with Gasteiger partial charge >= 0.3 is 0 Å². The van der Waals surface area contributed by atoms with E-state index in [0.29, 0.717) is 30.5 Å². The second kappa shape index (κ2) is 7.65. The van der Waals surface area contributed by atoms with E-state index in [0.717, 1.165) is 31.8 Å². The maximum Gasteiger partial charge on any atom is 0.191 e. The Morgan fingerprint density at radius 3 is 2.68 bits per heavy atom. The summed E-state index contributed by atoms with van der Waals surface area (Å²) < 4.78 is 28.8. The van der Waals surface area contributed by atoms with Crippen LogP contribution in [0.5, 0.6) is 0 Å². The Balaban J connectivity index is 0.00000176. The molecule has 22 heavy (non-hydrogen) atoms. The summed E-state index contributed by atoms with van der Waals surface area (Å²) in [4.78, 5) is 4.58. The SMILES string of the molecule is CCNC(=NCC1CCS(=O)(=O)C1)NC1CC2CCC1O2.I. The molecule has 0 aromatic heterocycles. The molecule has 3 heterocycles. The van der Waals surface area contributed by atoms with Crippen LogP contribution in [0.15, 0.2) is 4.99 Å². The summed E-state index contributed by atoms with van der Waals surface area (Å²) in [5.74, 6) is 1.56. The molecule has 0 aromatic rings. The molecule has 3 rings (SSSR count). The lowest BCUT2D eigenvalue weighted by Gasteiger charge is -2.22. The van der Waals surface area contributed by atoms with Crippen molar-refractivity contribution in [2.45, 2.75) is 50.9 Å². The molecule has 8 heteroatoms. The van der Waals surface area contributed by atoms with Gasteiger partial charge in [-0.25, -0.2) is 8.42 Å². The van der Waals surface area contributed by atoms with E-state index < -0.39 is 9.84 Å². The summed E-state index contributed by atoms with van der Waals surface area (Å²) in [6, 6.07) is 0.342. The van der Waals surface area contributed by atoms with Crippen LogP contribution in [0.4, 0.5) is 0 Å². The van der Waals surface area contributed by atoms with E-state index >= 15 is 0 Å². The molecular formula is C14H26IN3O3S. The van der Waals surface area contributed by atoms with E-state index in [9.17, 15) is 8.42 Å². The van der Waals surface area contributed by atoms with Crippen LogP contribution in [0.1, 0.15) is 32.6 Å². The van der Waals surface area contributed by atoms with Crippen molar-refractivity contribution in [2.75, 3.05) is 24.6 Å². The molecule has 0 amide bonds. The normalized spacial score (nSPS) is 36.1. The van der Waals surface area contributed by atoms with Gasteiger partial charge in [0, 0.05) is 13.1 Å². The van der Waals surface area contributed by atoms with Crippen LogP contribution in [-0.2, 0) is 14.6 Å². The fourth-order valence-corrected chi connectivity index (χ4v) is 5.37. The van der Waals surface area contributed by atoms with Gasteiger partial charge in [0.15, 0.2) is 15.8 Å². The fourth-order valence-electron chi connectivity index (χ4n) is 3.52. The molecule has 6 nitrogen and oxygen atoms in total. The van der Waals surface area contributed by atoms with Gasteiger partial charge in [-0.3, -0.25) is 4.99 Å². The van der Waals surface area contributed by atoms with Gasteiger partial charge in [0.25, 0.3) is 0 Å². The number of nitrogens with one attached hydrogen (secondary N) is 2. The van der Waals surface area contributed by atoms with Gasteiger partial charge in [-0.2, -0.15) is 0 Å². The third-order valence-electron chi connectivity index (χ3n) is 4.61. The Kier molecular flexibility index (Phi) is 6.35. The summed E-state index contributed by atoms with van der Waals surface area (Å²) in [6.45, 7) is 3.42. The average Bonchev–Trinajstić information content (AvgIpc) is 3.11. The van der Waals surface area contributed by atoms with Gasteiger partial charge in [-0.15, -0.1) is 24.0 Å². The summed E-state index contributed by atoms with van der Waals surface area (Å²) >= 11 is 0. The second-order valence-corrected chi connectivity index (χ2v) is 8.58. The van der Waals surface area contributed by atoms with Crippen molar-refractivity contribution in [1.82, 2.24) is 10.6 Å². The number of hydrogen-bond donors (Lipinski definition) is 2. The molecule has 128 valence electrons. The lowest BCUT2D eigenvalue weighted by molar-refractivity contribution is 0.0992. The van der Waals surface area contributed by atoms with Crippen molar-refractivity contribution in [3.05, 3.63) is 0 Å². The van der Waals surface area contributed by atoms with Gasteiger partial charge < -0.3 is 15.4 Å². The van der Waals surface area contributed by atoms with Gasteiger partial charge in [0.05, 0.1) is 29.8 Å². The highest BCUT2D eigenvalue weighted by Gasteiger charge is 2.41. The molecule has 2 bridgehead atoms. The van der Waals surface area contributed by atoms with E-state index in [1.54, 1.807) is 0 Å². The number of rotatable bonds is 4. The first-order valence-corrected chi connectivity index (χ1v) is 9.78. The Morgan fingerprint density at radius 2 is 2.14 bits per heavy atom. The van der Waals surface area contributed by atoms with Crippen LogP contribution < -0.4 is 10.6 Å². The van der Waals surface area contributed by atoms with Gasteiger partial charge in [-0.1, -0.05) is 0 Å². The van der Waals surface area contributed by atoms with Gasteiger partial charge in [0.1, 0.15) is 0 Å². The van der Waals surface area contributed by atoms with Crippen LogP contribution in [0, 0.1) is 5.92 Å². The number of sulfone groups is 1. The molecule has 0 aromatic carbocycles. The summed E-state index contributed by atoms with van der Waals surface area (Å²) in [7, 11) is -2.82. The lowest BCUT2D eigenvalue weighted by atomic mass is 9.96. The summed E-state index contributed by atoms with van der Waals surface area (Å²) in [5, 5.41) is 6.70. The van der Waals surface area contributed by atoms with E-state index in [-0.39, 0.29) is 35.6 Å². The highest BCUT2D eigenvalue weighted by molar-refractivity contribution is 14.0. The van der Waals surface area contributed by atoms with Crippen molar-refractivity contribution in [1.29, 1.82) is 0 Å². The van der Waals surface area contributed by atoms with E-state index in [2.05, 4.69) is 15.6 Å². The molecule has 0 radical (unpaired) electrons. The molecule has 3 aliphatic rings. The Morgan fingerprint density at radius 1 is 1.32 bits per heavy atom. The molecule has 0 saturated carbocycles. The number of ether oxygens (including phenoxy) is 1. The topological polar surface area (TPSA) is 79.8 Å². The van der Waals surface area contributed by atoms with Crippen molar-refractivity contribution in [2.24, 2.45) is 10.9 Å². The zero-order valence-corrected chi connectivity index (χ0v) is 16.1. The maximum absolute atomic E-state index is 11.5. The molecule has 4 unspecified atom stereocenters. The van der Waals surface area contributed by atoms with Gasteiger partial charge in [0.2, 0.25) is 0 Å². The molecule has 0 spiro atoms. The van der Waals surface area contributed by atoms with E-state index in [1.165, 1.54) is 6.42 Å². The van der Waals surface area contributed by atoms with Crippen LogP contribution in [0.3, 0.4) is 0 Å². The van der Waals surface area contributed by atoms with Crippen LogP contribution in [-0.4, -0.2) is 57.2 Å². The Hall–Kier alpha value is -0.0900. The molecule has 0 aliphatic carbocycles. The lowest BCUT2D eigenvalue weighted by Crippen LogP contribution is -2.47. The largest absolute Gasteiger partial charge is 0.373 e. The highest BCUT2D eigenvalue weighted by Crippen LogP contribution is 2.34. The molecule has 3 fully saturated rings. The number of halogens is 1. The zero-order chi connectivity index (χ0) is 14.9. The average molecular weight is 443 g/mol. The second-order valence-electron chi connectivity index (χ2n) is 6.35. The van der Waals surface area contributed by atoms with Crippen molar-refractivity contribution in [3.63, 3.8) is 0 Å². The van der Waals surface area contributed by atoms with Crippen molar-refractivity contribution < 1.29 is 13.2 Å². The number of guanidine groups is 1. The van der Waals surface area contributed by atoms with Crippen molar-refractivity contribution in [3.8, 4) is 0 Å². The smallest absolute Gasteiger partial charge is 0.191 e. The predicted octanol–water partition coefficient (Wildman–Crippen LogP) is 0.914. The third-order valence-corrected chi connectivity index (χ3v) is 6.44. The standard InChI is InChI=1S/C14H25N3O3S.HI/c1-2-15-14(16-8-10-5-6-21(18,19)9-10)17-12-7-11-3-4-13(12)20-11;/h10-13H,2-9H2,1H3,(H2,15,16,17);1H. The molecule has 3 saturated heterocycles. The Labute approximate surface area is 149 Å². The fraction of sp³-hybridized carbons (Fsp3) is 0.929. The minimum atomic E-state index is -2.82. The van der Waals surface area contributed by atoms with Gasteiger partial charge in [-0.05, 0) is 38.5 Å². The quantitative estimate of drug-likeness (QED) is 0.384. The zero-order valence-electron chi connectivity index (χ0n) is 13.0. The first-order chi connectivity index (χ1) is 10.1. The Bertz CT molecular complexity index is 511. The highest BCUT2D eigenvalue weighted by atomic mass is 127. The van der Waals surface area contributed by atoms with Crippen LogP contribution >= 0.6 is 24.0 Å². The molecule has 2 N–H and O–H groups in total. The minimum absolute atomic E-state index is 0. The first-order valence-electron chi connectivity index (χ1n) is 7.96. The molecular weight excluding hydrogens is 417 g/mol. The minimum Gasteiger partial charge on any atom is -0.373 e. The van der Waals surface area contributed by atoms with E-state index in [4.69, 9.17) is 4.74 Å². The van der Waals surface area contributed by atoms with Crippen LogP contribution in [0.2, 0.25) is 0 Å². The maximum atomic E-state index is 11.5. The summed E-state index contributed by atoms with van der Waals surface area (Å²) in [5.41, 5.74) is 0. The summed E-state index contributed by atoms with van der Waals surface area (Å²) in [6.07, 6.45) is 4.81. The first kappa shape index (κ1) is 18.3. The molecule has 4 atom stereocenters. The molecule has 3 aliphatic heterocycles. The number of hydrogen-bond acceptors (Lipinski definition) is 4. The van der Waals surface area contributed by atoms with Crippen LogP contribution in [0.25, 0.3) is 0 Å². The van der Waals surface area contributed by atoms with E-state index in [1.807, 2.05) is 6.92 Å². The monoisotopic (exact) mass is 443 g/mol.